The van der Waals surface area contributed by atoms with Gasteiger partial charge in [-0.3, -0.25) is 0 Å². The molecular weight excluding hydrogens is 295 g/mol. The Balaban J connectivity index is 2.23. The predicted molar refractivity (Wildman–Crippen MR) is 78.1 cm³/mol. The number of hydrogen-bond donors (Lipinski definition) is 2. The molecule has 0 saturated heterocycles. The Morgan fingerprint density at radius 3 is 2.43 bits per heavy atom. The number of hydrogen-bond acceptors (Lipinski definition) is 4. The van der Waals surface area contributed by atoms with Crippen LogP contribution in [-0.4, -0.2) is 15.5 Å². The molecule has 0 amide bonds. The summed E-state index contributed by atoms with van der Waals surface area (Å²) in [5, 5.41) is 8.15. The zero-order chi connectivity index (χ0) is 15.5. The molecule has 112 valence electrons. The van der Waals surface area contributed by atoms with E-state index in [1.165, 1.54) is 37.4 Å². The number of halogens is 1. The van der Waals surface area contributed by atoms with E-state index in [-0.39, 0.29) is 10.7 Å². The van der Waals surface area contributed by atoms with Crippen molar-refractivity contribution in [2.24, 2.45) is 5.14 Å². The Hall–Kier alpha value is -2.12. The minimum Gasteiger partial charge on any atom is -0.495 e. The molecule has 0 fully saturated rings. The maximum Gasteiger partial charge on any atom is 0.238 e. The average Bonchev–Trinajstić information content (AvgIpc) is 2.45. The van der Waals surface area contributed by atoms with Gasteiger partial charge >= 0.3 is 0 Å². The van der Waals surface area contributed by atoms with Crippen molar-refractivity contribution in [1.82, 2.24) is 0 Å². The van der Waals surface area contributed by atoms with Crippen molar-refractivity contribution in [2.45, 2.75) is 11.4 Å². The van der Waals surface area contributed by atoms with Crippen LogP contribution in [0.4, 0.5) is 10.1 Å². The van der Waals surface area contributed by atoms with Crippen LogP contribution in [0.2, 0.25) is 0 Å². The topological polar surface area (TPSA) is 81.4 Å². The molecule has 5 nitrogen and oxygen atoms in total. The van der Waals surface area contributed by atoms with E-state index in [1.54, 1.807) is 12.1 Å². The van der Waals surface area contributed by atoms with Crippen molar-refractivity contribution in [3.8, 4) is 5.75 Å². The van der Waals surface area contributed by atoms with Crippen molar-refractivity contribution >= 4 is 15.7 Å². The van der Waals surface area contributed by atoms with Gasteiger partial charge in [0.2, 0.25) is 10.0 Å². The first-order valence-corrected chi connectivity index (χ1v) is 7.64. The summed E-state index contributed by atoms with van der Waals surface area (Å²) in [6, 6.07) is 10.3. The molecule has 0 atom stereocenters. The van der Waals surface area contributed by atoms with E-state index in [9.17, 15) is 12.8 Å². The molecule has 0 saturated carbocycles. The third-order valence-electron chi connectivity index (χ3n) is 2.90. The standard InChI is InChI=1S/C14H15FN2O3S/c1-20-14-7-6-12(21(16,18)19)8-13(14)17-9-10-2-4-11(15)5-3-10/h2-8,17H,9H2,1H3,(H2,16,18,19). The van der Waals surface area contributed by atoms with E-state index in [4.69, 9.17) is 9.88 Å². The summed E-state index contributed by atoms with van der Waals surface area (Å²) >= 11 is 0. The second-order valence-electron chi connectivity index (χ2n) is 4.39. The lowest BCUT2D eigenvalue weighted by Gasteiger charge is -2.12. The summed E-state index contributed by atoms with van der Waals surface area (Å²) in [5.74, 6) is 0.178. The van der Waals surface area contributed by atoms with Gasteiger partial charge in [-0.1, -0.05) is 12.1 Å². The Labute approximate surface area is 122 Å². The maximum atomic E-state index is 12.8. The molecule has 0 aliphatic heterocycles. The smallest absolute Gasteiger partial charge is 0.238 e. The normalized spacial score (nSPS) is 11.2. The number of anilines is 1. The number of nitrogens with two attached hydrogens (primary N) is 1. The summed E-state index contributed by atoms with van der Waals surface area (Å²) in [4.78, 5) is -0.00935. The van der Waals surface area contributed by atoms with Gasteiger partial charge in [-0.05, 0) is 35.9 Å². The predicted octanol–water partition coefficient (Wildman–Crippen LogP) is 2.09. The minimum atomic E-state index is -3.78. The summed E-state index contributed by atoms with van der Waals surface area (Å²) in [6.45, 7) is 0.394. The molecular formula is C14H15FN2O3S. The SMILES string of the molecule is COc1ccc(S(N)(=O)=O)cc1NCc1ccc(F)cc1. The molecule has 7 heteroatoms. The van der Waals surface area contributed by atoms with Crippen molar-refractivity contribution in [1.29, 1.82) is 0 Å². The molecule has 2 aromatic carbocycles. The van der Waals surface area contributed by atoms with Crippen LogP contribution in [0.1, 0.15) is 5.56 Å². The lowest BCUT2D eigenvalue weighted by molar-refractivity contribution is 0.416. The lowest BCUT2D eigenvalue weighted by Crippen LogP contribution is -2.12. The monoisotopic (exact) mass is 310 g/mol. The highest BCUT2D eigenvalue weighted by molar-refractivity contribution is 7.89. The molecule has 2 rings (SSSR count). The van der Waals surface area contributed by atoms with E-state index in [1.807, 2.05) is 0 Å². The third-order valence-corrected chi connectivity index (χ3v) is 3.81. The molecule has 21 heavy (non-hydrogen) atoms. The number of ether oxygens (including phenoxy) is 1. The Morgan fingerprint density at radius 2 is 1.86 bits per heavy atom. The first-order valence-electron chi connectivity index (χ1n) is 6.09. The van der Waals surface area contributed by atoms with Gasteiger partial charge in [0.1, 0.15) is 11.6 Å². The van der Waals surface area contributed by atoms with Gasteiger partial charge in [0.15, 0.2) is 0 Å². The average molecular weight is 310 g/mol. The van der Waals surface area contributed by atoms with Gasteiger partial charge in [-0.25, -0.2) is 17.9 Å². The van der Waals surface area contributed by atoms with Crippen LogP contribution in [0.25, 0.3) is 0 Å². The van der Waals surface area contributed by atoms with E-state index in [0.29, 0.717) is 18.0 Å². The third kappa shape index (κ3) is 3.93. The van der Waals surface area contributed by atoms with Crippen LogP contribution < -0.4 is 15.2 Å². The van der Waals surface area contributed by atoms with Crippen molar-refractivity contribution in [3.05, 3.63) is 53.8 Å². The molecule has 0 aliphatic rings. The van der Waals surface area contributed by atoms with E-state index >= 15 is 0 Å². The number of primary sulfonamides is 1. The van der Waals surface area contributed by atoms with Gasteiger partial charge in [0, 0.05) is 6.54 Å². The van der Waals surface area contributed by atoms with Crippen molar-refractivity contribution < 1.29 is 17.5 Å². The first-order chi connectivity index (χ1) is 9.90. The van der Waals surface area contributed by atoms with Crippen LogP contribution in [0.5, 0.6) is 5.75 Å². The van der Waals surface area contributed by atoms with E-state index in [0.717, 1.165) is 5.56 Å². The highest BCUT2D eigenvalue weighted by Crippen LogP contribution is 2.27. The van der Waals surface area contributed by atoms with E-state index in [2.05, 4.69) is 5.32 Å². The minimum absolute atomic E-state index is 0.00935. The number of rotatable bonds is 5. The highest BCUT2D eigenvalue weighted by atomic mass is 32.2. The van der Waals surface area contributed by atoms with Crippen molar-refractivity contribution in [2.75, 3.05) is 12.4 Å². The summed E-state index contributed by atoms with van der Waals surface area (Å²) in [6.07, 6.45) is 0. The fourth-order valence-electron chi connectivity index (χ4n) is 1.80. The Kier molecular flexibility index (Phi) is 4.44. The van der Waals surface area contributed by atoms with Crippen LogP contribution in [0, 0.1) is 5.82 Å². The molecule has 0 aromatic heterocycles. The van der Waals surface area contributed by atoms with E-state index < -0.39 is 10.0 Å². The van der Waals surface area contributed by atoms with Crippen LogP contribution in [0.15, 0.2) is 47.4 Å². The number of methoxy groups -OCH3 is 1. The zero-order valence-corrected chi connectivity index (χ0v) is 12.2. The number of nitrogens with one attached hydrogen (secondary N) is 1. The van der Waals surface area contributed by atoms with Crippen molar-refractivity contribution in [3.63, 3.8) is 0 Å². The van der Waals surface area contributed by atoms with Gasteiger partial charge in [-0.2, -0.15) is 0 Å². The van der Waals surface area contributed by atoms with Gasteiger partial charge in [-0.15, -0.1) is 0 Å². The molecule has 0 aliphatic carbocycles. The summed E-state index contributed by atoms with van der Waals surface area (Å²) in [7, 11) is -2.30. The van der Waals surface area contributed by atoms with Crippen LogP contribution in [0.3, 0.4) is 0 Å². The molecule has 0 unspecified atom stereocenters. The fraction of sp³-hybridized carbons (Fsp3) is 0.143. The summed E-state index contributed by atoms with van der Waals surface area (Å²) in [5.41, 5.74) is 1.34. The Bertz CT molecular complexity index is 730. The lowest BCUT2D eigenvalue weighted by atomic mass is 10.2. The maximum absolute atomic E-state index is 12.8. The molecule has 3 N–H and O–H groups in total. The molecule has 0 bridgehead atoms. The molecule has 2 aromatic rings. The van der Waals surface area contributed by atoms with Crippen LogP contribution in [-0.2, 0) is 16.6 Å². The number of benzene rings is 2. The van der Waals surface area contributed by atoms with Crippen LogP contribution >= 0.6 is 0 Å². The van der Waals surface area contributed by atoms with Gasteiger partial charge < -0.3 is 10.1 Å². The first kappa shape index (κ1) is 15.3. The Morgan fingerprint density at radius 1 is 1.19 bits per heavy atom. The molecule has 0 radical (unpaired) electrons. The molecule has 0 heterocycles. The zero-order valence-electron chi connectivity index (χ0n) is 11.3. The highest BCUT2D eigenvalue weighted by Gasteiger charge is 2.11. The second kappa shape index (κ2) is 6.11. The fourth-order valence-corrected chi connectivity index (χ4v) is 2.34. The van der Waals surface area contributed by atoms with Gasteiger partial charge in [0.25, 0.3) is 0 Å². The van der Waals surface area contributed by atoms with Gasteiger partial charge in [0.05, 0.1) is 17.7 Å². The summed E-state index contributed by atoms with van der Waals surface area (Å²) < 4.78 is 40.7. The largest absolute Gasteiger partial charge is 0.495 e. The number of sulfonamides is 1. The quantitative estimate of drug-likeness (QED) is 0.886. The second-order valence-corrected chi connectivity index (χ2v) is 5.95. The molecule has 0 spiro atoms.